The number of aliphatic hydroxyl groups is 2. The summed E-state index contributed by atoms with van der Waals surface area (Å²) in [6.45, 7) is 1.92. The number of aromatic hydroxyl groups is 1. The molecule has 2 rings (SSSR count). The first-order valence-electron chi connectivity index (χ1n) is 7.15. The molecular weight excluding hydrogens is 296 g/mol. The highest BCUT2D eigenvalue weighted by Gasteiger charge is 2.09. The fourth-order valence-corrected chi connectivity index (χ4v) is 2.82. The predicted molar refractivity (Wildman–Crippen MR) is 88.8 cm³/mol. The molecule has 2 aromatic rings. The van der Waals surface area contributed by atoms with Crippen LogP contribution in [0.4, 0.5) is 0 Å². The van der Waals surface area contributed by atoms with Crippen molar-refractivity contribution in [3.05, 3.63) is 69.6 Å². The average molecular weight is 316 g/mol. The van der Waals surface area contributed by atoms with E-state index in [9.17, 15) is 15.3 Å². The zero-order valence-electron chi connectivity index (χ0n) is 12.4. The van der Waals surface area contributed by atoms with E-state index in [2.05, 4.69) is 5.73 Å². The molecular formula is C18H20O3S. The van der Waals surface area contributed by atoms with Gasteiger partial charge < -0.3 is 15.3 Å². The summed E-state index contributed by atoms with van der Waals surface area (Å²) in [5, 5.41) is 31.3. The van der Waals surface area contributed by atoms with E-state index < -0.39 is 12.2 Å². The smallest absolute Gasteiger partial charge is 0.115 e. The summed E-state index contributed by atoms with van der Waals surface area (Å²) in [4.78, 5) is 0.949. The first-order chi connectivity index (χ1) is 10.6. The van der Waals surface area contributed by atoms with Gasteiger partial charge in [0.2, 0.25) is 0 Å². The van der Waals surface area contributed by atoms with E-state index in [-0.39, 0.29) is 5.75 Å². The van der Waals surface area contributed by atoms with Crippen molar-refractivity contribution >= 4 is 11.3 Å². The normalized spacial score (nSPS) is 13.2. The zero-order chi connectivity index (χ0) is 15.9. The minimum absolute atomic E-state index is 0.185. The molecule has 1 aromatic carbocycles. The number of hydrogen-bond acceptors (Lipinski definition) is 4. The van der Waals surface area contributed by atoms with Gasteiger partial charge in [0, 0.05) is 17.7 Å². The lowest BCUT2D eigenvalue weighted by atomic mass is 10.1. The van der Waals surface area contributed by atoms with Crippen LogP contribution >= 0.6 is 11.3 Å². The van der Waals surface area contributed by atoms with E-state index in [0.29, 0.717) is 12.8 Å². The predicted octanol–water partition coefficient (Wildman–Crippen LogP) is 4.10. The van der Waals surface area contributed by atoms with E-state index in [4.69, 9.17) is 0 Å². The number of rotatable bonds is 6. The van der Waals surface area contributed by atoms with Gasteiger partial charge in [0.25, 0.3) is 0 Å². The van der Waals surface area contributed by atoms with Crippen LogP contribution in [0, 0.1) is 0 Å². The summed E-state index contributed by atoms with van der Waals surface area (Å²) in [7, 11) is 0. The van der Waals surface area contributed by atoms with Crippen molar-refractivity contribution in [2.24, 2.45) is 0 Å². The second-order valence-electron chi connectivity index (χ2n) is 5.21. The molecule has 0 aliphatic rings. The van der Waals surface area contributed by atoms with Crippen LogP contribution in [0.3, 0.4) is 0 Å². The van der Waals surface area contributed by atoms with Crippen LogP contribution in [0.5, 0.6) is 5.75 Å². The van der Waals surface area contributed by atoms with Crippen LogP contribution in [0.15, 0.2) is 59.2 Å². The van der Waals surface area contributed by atoms with Gasteiger partial charge in [0.15, 0.2) is 0 Å². The number of phenols is 1. The maximum absolute atomic E-state index is 10.1. The van der Waals surface area contributed by atoms with Crippen LogP contribution in [0.25, 0.3) is 0 Å². The van der Waals surface area contributed by atoms with Crippen LogP contribution < -0.4 is 0 Å². The lowest BCUT2D eigenvalue weighted by Gasteiger charge is -2.08. The number of thiophene rings is 1. The van der Waals surface area contributed by atoms with Gasteiger partial charge in [0.05, 0.1) is 12.2 Å². The van der Waals surface area contributed by atoms with Gasteiger partial charge in [-0.25, -0.2) is 0 Å². The van der Waals surface area contributed by atoms with Crippen molar-refractivity contribution in [3.8, 4) is 5.75 Å². The summed E-state index contributed by atoms with van der Waals surface area (Å²) in [5.74, 6) is 0.185. The molecule has 2 atom stereocenters. The summed E-state index contributed by atoms with van der Waals surface area (Å²) < 4.78 is 0. The van der Waals surface area contributed by atoms with Crippen molar-refractivity contribution in [2.45, 2.75) is 32.0 Å². The molecule has 3 nitrogen and oxygen atoms in total. The third kappa shape index (κ3) is 4.86. The molecule has 0 amide bonds. The summed E-state index contributed by atoms with van der Waals surface area (Å²) in [6.07, 6.45) is 1.64. The second kappa shape index (κ2) is 7.97. The minimum Gasteiger partial charge on any atom is -0.508 e. The highest BCUT2D eigenvalue weighted by molar-refractivity contribution is 7.10. The maximum Gasteiger partial charge on any atom is 0.115 e. The van der Waals surface area contributed by atoms with E-state index in [0.717, 1.165) is 16.0 Å². The summed E-state index contributed by atoms with van der Waals surface area (Å²) in [6, 6.07) is 10.4. The molecule has 0 fully saturated rings. The number of phenolic OH excluding ortho intramolecular Hbond substituents is 1. The van der Waals surface area contributed by atoms with E-state index in [1.807, 2.05) is 24.4 Å². The monoisotopic (exact) mass is 316 g/mol. The molecule has 0 aliphatic heterocycles. The van der Waals surface area contributed by atoms with Crippen LogP contribution in [0.2, 0.25) is 0 Å². The largest absolute Gasteiger partial charge is 0.508 e. The summed E-state index contributed by atoms with van der Waals surface area (Å²) >= 11 is 1.54. The molecule has 1 aromatic heterocycles. The molecule has 0 spiro atoms. The van der Waals surface area contributed by atoms with E-state index >= 15 is 0 Å². The third-order valence-electron chi connectivity index (χ3n) is 3.34. The van der Waals surface area contributed by atoms with Gasteiger partial charge in [-0.15, -0.1) is 17.1 Å². The molecule has 1 heterocycles. The Morgan fingerprint density at radius 2 is 1.91 bits per heavy atom. The minimum atomic E-state index is -0.622. The van der Waals surface area contributed by atoms with Crippen molar-refractivity contribution in [1.29, 1.82) is 0 Å². The first kappa shape index (κ1) is 16.5. The van der Waals surface area contributed by atoms with Crippen molar-refractivity contribution < 1.29 is 15.3 Å². The fourth-order valence-electron chi connectivity index (χ4n) is 2.11. The Bertz CT molecular complexity index is 637. The Labute approximate surface area is 134 Å². The van der Waals surface area contributed by atoms with Gasteiger partial charge in [-0.3, -0.25) is 0 Å². The molecule has 116 valence electrons. The Kier molecular flexibility index (Phi) is 5.99. The molecule has 0 unspecified atom stereocenters. The van der Waals surface area contributed by atoms with Crippen LogP contribution in [0.1, 0.15) is 42.4 Å². The van der Waals surface area contributed by atoms with Crippen molar-refractivity contribution in [2.75, 3.05) is 0 Å². The molecule has 0 aliphatic carbocycles. The van der Waals surface area contributed by atoms with Gasteiger partial charge in [-0.1, -0.05) is 18.2 Å². The number of benzene rings is 1. The lowest BCUT2D eigenvalue weighted by molar-refractivity contribution is 0.181. The molecule has 0 saturated heterocycles. The van der Waals surface area contributed by atoms with E-state index in [1.165, 1.54) is 11.3 Å². The molecule has 3 N–H and O–H groups in total. The molecule has 0 bridgehead atoms. The zero-order valence-corrected chi connectivity index (χ0v) is 13.3. The second-order valence-corrected chi connectivity index (χ2v) is 6.19. The van der Waals surface area contributed by atoms with Crippen molar-refractivity contribution in [3.63, 3.8) is 0 Å². The summed E-state index contributed by atoms with van der Waals surface area (Å²) in [5.41, 5.74) is 4.81. The topological polar surface area (TPSA) is 60.7 Å². The Morgan fingerprint density at radius 3 is 2.55 bits per heavy atom. The molecule has 0 saturated carbocycles. The lowest BCUT2D eigenvalue weighted by Crippen LogP contribution is -1.95. The third-order valence-corrected chi connectivity index (χ3v) is 4.31. The van der Waals surface area contributed by atoms with E-state index in [1.54, 1.807) is 30.3 Å². The first-order valence-corrected chi connectivity index (χ1v) is 8.03. The number of aliphatic hydroxyl groups excluding tert-OH is 2. The van der Waals surface area contributed by atoms with Gasteiger partial charge in [-0.05, 0) is 47.7 Å². The van der Waals surface area contributed by atoms with Gasteiger partial charge in [-0.2, -0.15) is 0 Å². The maximum atomic E-state index is 10.1. The molecule has 4 heteroatoms. The highest BCUT2D eigenvalue weighted by atomic mass is 32.1. The Balaban J connectivity index is 1.90. The average Bonchev–Trinajstić information content (AvgIpc) is 3.02. The highest BCUT2D eigenvalue weighted by Crippen LogP contribution is 2.24. The molecule has 0 radical (unpaired) electrons. The van der Waals surface area contributed by atoms with Crippen LogP contribution in [-0.2, 0) is 0 Å². The number of hydrogen-bond donors (Lipinski definition) is 3. The van der Waals surface area contributed by atoms with Crippen molar-refractivity contribution in [1.82, 2.24) is 0 Å². The Morgan fingerprint density at radius 1 is 1.18 bits per heavy atom. The SMILES string of the molecule is CC(=C=CC[C@@H](O)c1ccc(O)cc1)C[C@@H](O)c1cccs1. The van der Waals surface area contributed by atoms with Gasteiger partial charge in [0.1, 0.15) is 5.75 Å². The quantitative estimate of drug-likeness (QED) is 0.703. The fraction of sp³-hybridized carbons (Fsp3) is 0.278. The van der Waals surface area contributed by atoms with Gasteiger partial charge >= 0.3 is 0 Å². The Hall–Kier alpha value is -1.84. The molecule has 22 heavy (non-hydrogen) atoms. The standard InChI is InChI=1S/C18H20O3S/c1-13(12-17(21)18-6-3-11-22-18)4-2-5-16(20)14-7-9-15(19)10-8-14/h2-3,6-11,16-17,19-21H,5,12H2,1H3/t4?,16-,17-/m1/s1. The van der Waals surface area contributed by atoms with Crippen LogP contribution in [-0.4, -0.2) is 15.3 Å².